The molecule has 0 unspecified atom stereocenters. The van der Waals surface area contributed by atoms with E-state index < -0.39 is 0 Å². The molecule has 1 fully saturated rings. The monoisotopic (exact) mass is 193 g/mol. The Balaban J connectivity index is 2.07. The minimum absolute atomic E-state index is 0.00407. The van der Waals surface area contributed by atoms with Crippen LogP contribution in [0.25, 0.3) is 0 Å². The molecule has 1 saturated carbocycles. The summed E-state index contributed by atoms with van der Waals surface area (Å²) in [6.07, 6.45) is 8.46. The average molecular weight is 193 g/mol. The topological polar surface area (TPSA) is 42.4 Å². The molecule has 0 saturated heterocycles. The maximum Gasteiger partial charge on any atom is 0.128 e. The Morgan fingerprint density at radius 2 is 2.21 bits per heavy atom. The van der Waals surface area contributed by atoms with Crippen molar-refractivity contribution in [1.82, 2.24) is 4.98 Å². The SMILES string of the molecule is OCc1cnccc1OC1CCCC1. The number of aliphatic hydroxyl groups excluding tert-OH is 1. The molecule has 14 heavy (non-hydrogen) atoms. The van der Waals surface area contributed by atoms with Gasteiger partial charge in [0.15, 0.2) is 0 Å². The van der Waals surface area contributed by atoms with E-state index in [-0.39, 0.29) is 6.61 Å². The zero-order valence-corrected chi connectivity index (χ0v) is 8.15. The second-order valence-corrected chi connectivity index (χ2v) is 3.67. The zero-order valence-electron chi connectivity index (χ0n) is 8.15. The molecule has 1 aliphatic rings. The van der Waals surface area contributed by atoms with Gasteiger partial charge in [-0.1, -0.05) is 0 Å². The summed E-state index contributed by atoms with van der Waals surface area (Å²) < 4.78 is 5.80. The lowest BCUT2D eigenvalue weighted by atomic mass is 10.2. The van der Waals surface area contributed by atoms with Crippen LogP contribution in [0, 0.1) is 0 Å². The molecule has 3 heteroatoms. The highest BCUT2D eigenvalue weighted by molar-refractivity contribution is 5.29. The van der Waals surface area contributed by atoms with Crippen molar-refractivity contribution in [3.63, 3.8) is 0 Å². The van der Waals surface area contributed by atoms with E-state index in [0.717, 1.165) is 24.2 Å². The molecule has 1 aromatic rings. The van der Waals surface area contributed by atoms with Gasteiger partial charge in [-0.25, -0.2) is 0 Å². The summed E-state index contributed by atoms with van der Waals surface area (Å²) in [6, 6.07) is 1.82. The number of nitrogens with zero attached hydrogens (tertiary/aromatic N) is 1. The van der Waals surface area contributed by atoms with Crippen LogP contribution >= 0.6 is 0 Å². The largest absolute Gasteiger partial charge is 0.490 e. The van der Waals surface area contributed by atoms with Crippen LogP contribution in [0.3, 0.4) is 0 Å². The lowest BCUT2D eigenvalue weighted by Crippen LogP contribution is -2.12. The van der Waals surface area contributed by atoms with Gasteiger partial charge in [-0.05, 0) is 31.7 Å². The lowest BCUT2D eigenvalue weighted by molar-refractivity contribution is 0.199. The van der Waals surface area contributed by atoms with Crippen molar-refractivity contribution in [1.29, 1.82) is 0 Å². The lowest BCUT2D eigenvalue weighted by Gasteiger charge is -2.14. The van der Waals surface area contributed by atoms with Gasteiger partial charge in [0.25, 0.3) is 0 Å². The summed E-state index contributed by atoms with van der Waals surface area (Å²) in [5.74, 6) is 0.786. The van der Waals surface area contributed by atoms with E-state index in [0.29, 0.717) is 6.10 Å². The number of aliphatic hydroxyl groups is 1. The van der Waals surface area contributed by atoms with Crippen molar-refractivity contribution in [2.45, 2.75) is 38.4 Å². The summed E-state index contributed by atoms with van der Waals surface area (Å²) in [6.45, 7) is -0.00407. The van der Waals surface area contributed by atoms with Gasteiger partial charge in [0.05, 0.1) is 12.7 Å². The maximum absolute atomic E-state index is 9.07. The zero-order chi connectivity index (χ0) is 9.80. The number of aromatic nitrogens is 1. The summed E-state index contributed by atoms with van der Waals surface area (Å²) in [5, 5.41) is 9.07. The van der Waals surface area contributed by atoms with E-state index >= 15 is 0 Å². The fourth-order valence-corrected chi connectivity index (χ4v) is 1.83. The molecule has 0 atom stereocenters. The number of rotatable bonds is 3. The molecule has 76 valence electrons. The fraction of sp³-hybridized carbons (Fsp3) is 0.545. The van der Waals surface area contributed by atoms with Crippen molar-refractivity contribution in [2.24, 2.45) is 0 Å². The van der Waals surface area contributed by atoms with Crippen LogP contribution < -0.4 is 4.74 Å². The quantitative estimate of drug-likeness (QED) is 0.797. The van der Waals surface area contributed by atoms with Crippen LogP contribution in [0.4, 0.5) is 0 Å². The predicted octanol–water partition coefficient (Wildman–Crippen LogP) is 1.90. The minimum Gasteiger partial charge on any atom is -0.490 e. The van der Waals surface area contributed by atoms with Crippen molar-refractivity contribution < 1.29 is 9.84 Å². The van der Waals surface area contributed by atoms with Crippen molar-refractivity contribution in [3.05, 3.63) is 24.0 Å². The van der Waals surface area contributed by atoms with E-state index in [1.165, 1.54) is 12.8 Å². The summed E-state index contributed by atoms with van der Waals surface area (Å²) >= 11 is 0. The number of pyridine rings is 1. The number of hydrogen-bond donors (Lipinski definition) is 1. The first kappa shape index (κ1) is 9.46. The van der Waals surface area contributed by atoms with Gasteiger partial charge in [-0.3, -0.25) is 4.98 Å². The van der Waals surface area contributed by atoms with Crippen LogP contribution in [0.5, 0.6) is 5.75 Å². The van der Waals surface area contributed by atoms with E-state index in [1.807, 2.05) is 6.07 Å². The standard InChI is InChI=1S/C11H15NO2/c13-8-9-7-12-6-5-11(9)14-10-3-1-2-4-10/h5-7,10,13H,1-4,8H2. The highest BCUT2D eigenvalue weighted by atomic mass is 16.5. The third kappa shape index (κ3) is 2.04. The molecule has 0 bridgehead atoms. The Morgan fingerprint density at radius 3 is 2.93 bits per heavy atom. The number of ether oxygens (including phenoxy) is 1. The number of hydrogen-bond acceptors (Lipinski definition) is 3. The molecule has 0 radical (unpaired) electrons. The fourth-order valence-electron chi connectivity index (χ4n) is 1.83. The van der Waals surface area contributed by atoms with E-state index in [9.17, 15) is 0 Å². The average Bonchev–Trinajstić information content (AvgIpc) is 2.71. The third-order valence-corrected chi connectivity index (χ3v) is 2.63. The Labute approximate surface area is 83.7 Å². The first-order chi connectivity index (χ1) is 6.90. The maximum atomic E-state index is 9.07. The molecule has 3 nitrogen and oxygen atoms in total. The Hall–Kier alpha value is -1.09. The smallest absolute Gasteiger partial charge is 0.128 e. The van der Waals surface area contributed by atoms with E-state index in [1.54, 1.807) is 12.4 Å². The molecule has 1 N–H and O–H groups in total. The van der Waals surface area contributed by atoms with Gasteiger partial charge in [0.2, 0.25) is 0 Å². The highest BCUT2D eigenvalue weighted by Gasteiger charge is 2.17. The van der Waals surface area contributed by atoms with Crippen LogP contribution in [0.15, 0.2) is 18.5 Å². The molecule has 0 aliphatic heterocycles. The molecule has 0 aromatic carbocycles. The van der Waals surface area contributed by atoms with Crippen LogP contribution in [-0.2, 0) is 6.61 Å². The van der Waals surface area contributed by atoms with Crippen molar-refractivity contribution in [2.75, 3.05) is 0 Å². The first-order valence-electron chi connectivity index (χ1n) is 5.10. The summed E-state index contributed by atoms with van der Waals surface area (Å²) in [4.78, 5) is 3.95. The first-order valence-corrected chi connectivity index (χ1v) is 5.10. The van der Waals surface area contributed by atoms with Gasteiger partial charge in [0, 0.05) is 18.0 Å². The van der Waals surface area contributed by atoms with Crippen LogP contribution in [-0.4, -0.2) is 16.2 Å². The molecule has 0 spiro atoms. The molecule has 1 aromatic heterocycles. The molecular weight excluding hydrogens is 178 g/mol. The third-order valence-electron chi connectivity index (χ3n) is 2.63. The second kappa shape index (κ2) is 4.42. The molecular formula is C11H15NO2. The normalized spacial score (nSPS) is 17.2. The van der Waals surface area contributed by atoms with Gasteiger partial charge >= 0.3 is 0 Å². The summed E-state index contributed by atoms with van der Waals surface area (Å²) in [7, 11) is 0. The summed E-state index contributed by atoms with van der Waals surface area (Å²) in [5.41, 5.74) is 0.777. The van der Waals surface area contributed by atoms with Crippen LogP contribution in [0.1, 0.15) is 31.2 Å². The van der Waals surface area contributed by atoms with Gasteiger partial charge < -0.3 is 9.84 Å². The Bertz CT molecular complexity index is 295. The predicted molar refractivity (Wildman–Crippen MR) is 53.0 cm³/mol. The van der Waals surface area contributed by atoms with Crippen LogP contribution in [0.2, 0.25) is 0 Å². The van der Waals surface area contributed by atoms with Crippen molar-refractivity contribution in [3.8, 4) is 5.75 Å². The molecule has 0 amide bonds. The van der Waals surface area contributed by atoms with Gasteiger partial charge in [-0.2, -0.15) is 0 Å². The van der Waals surface area contributed by atoms with E-state index in [4.69, 9.17) is 9.84 Å². The Morgan fingerprint density at radius 1 is 1.43 bits per heavy atom. The van der Waals surface area contributed by atoms with Gasteiger partial charge in [0.1, 0.15) is 5.75 Å². The molecule has 1 heterocycles. The Kier molecular flexibility index (Phi) is 2.99. The highest BCUT2D eigenvalue weighted by Crippen LogP contribution is 2.25. The second-order valence-electron chi connectivity index (χ2n) is 3.67. The van der Waals surface area contributed by atoms with Gasteiger partial charge in [-0.15, -0.1) is 0 Å². The minimum atomic E-state index is -0.00407. The van der Waals surface area contributed by atoms with E-state index in [2.05, 4.69) is 4.98 Å². The molecule has 2 rings (SSSR count). The molecule has 1 aliphatic carbocycles. The van der Waals surface area contributed by atoms with Crippen molar-refractivity contribution >= 4 is 0 Å².